The van der Waals surface area contributed by atoms with E-state index in [0.717, 1.165) is 0 Å². The Bertz CT molecular complexity index is 312. The van der Waals surface area contributed by atoms with Crippen molar-refractivity contribution in [3.05, 3.63) is 12.1 Å². The zero-order valence-corrected chi connectivity index (χ0v) is 7.68. The van der Waals surface area contributed by atoms with Crippen molar-refractivity contribution in [2.45, 2.75) is 13.8 Å². The zero-order chi connectivity index (χ0) is 10.6. The molecule has 0 unspecified atom stereocenters. The van der Waals surface area contributed by atoms with Gasteiger partial charge in [-0.25, -0.2) is 0 Å². The molecule has 0 spiro atoms. The normalized spacial score (nSPS) is 9.29. The molecule has 1 rings (SSSR count). The Morgan fingerprint density at radius 1 is 1.00 bits per heavy atom. The Kier molecular flexibility index (Phi) is 3.11. The van der Waals surface area contributed by atoms with Gasteiger partial charge in [-0.3, -0.25) is 9.59 Å². The average molecular weight is 196 g/mol. The fraction of sp³-hybridized carbons (Fsp3) is 0.250. The van der Waals surface area contributed by atoms with Crippen LogP contribution in [0.4, 0.5) is 0 Å². The summed E-state index contributed by atoms with van der Waals surface area (Å²) < 4.78 is 9.24. The van der Waals surface area contributed by atoms with Crippen molar-refractivity contribution in [3.63, 3.8) is 0 Å². The van der Waals surface area contributed by atoms with Crippen LogP contribution >= 0.6 is 0 Å². The lowest BCUT2D eigenvalue weighted by molar-refractivity contribution is -0.133. The first-order valence-corrected chi connectivity index (χ1v) is 3.78. The molecule has 1 heterocycles. The lowest BCUT2D eigenvalue weighted by Crippen LogP contribution is -2.06. The lowest BCUT2D eigenvalue weighted by atomic mass is 10.5. The van der Waals surface area contributed by atoms with Gasteiger partial charge < -0.3 is 9.47 Å². The Labute approximate surface area is 79.8 Å². The van der Waals surface area contributed by atoms with Gasteiger partial charge in [-0.15, -0.1) is 10.2 Å². The minimum absolute atomic E-state index is 0.0633. The zero-order valence-electron chi connectivity index (χ0n) is 7.68. The van der Waals surface area contributed by atoms with E-state index < -0.39 is 11.9 Å². The monoisotopic (exact) mass is 196 g/mol. The highest BCUT2D eigenvalue weighted by molar-refractivity contribution is 5.69. The Morgan fingerprint density at radius 3 is 1.57 bits per heavy atom. The lowest BCUT2D eigenvalue weighted by Gasteiger charge is -2.00. The van der Waals surface area contributed by atoms with Gasteiger partial charge in [0.2, 0.25) is 11.8 Å². The first kappa shape index (κ1) is 10.1. The molecule has 0 fully saturated rings. The van der Waals surface area contributed by atoms with Crippen molar-refractivity contribution < 1.29 is 19.1 Å². The van der Waals surface area contributed by atoms with Crippen molar-refractivity contribution in [1.29, 1.82) is 0 Å². The third-order valence-corrected chi connectivity index (χ3v) is 1.11. The summed E-state index contributed by atoms with van der Waals surface area (Å²) in [6, 6.07) is 2.76. The van der Waals surface area contributed by atoms with Gasteiger partial charge in [0.15, 0.2) is 0 Å². The van der Waals surface area contributed by atoms with Crippen LogP contribution < -0.4 is 9.47 Å². The molecule has 0 aliphatic rings. The van der Waals surface area contributed by atoms with Crippen LogP contribution in [0, 0.1) is 0 Å². The van der Waals surface area contributed by atoms with E-state index in [1.165, 1.54) is 26.0 Å². The van der Waals surface area contributed by atoms with Crippen molar-refractivity contribution in [2.24, 2.45) is 0 Å². The maximum atomic E-state index is 10.5. The average Bonchev–Trinajstić information content (AvgIpc) is 2.06. The van der Waals surface area contributed by atoms with Gasteiger partial charge in [0.05, 0.1) is 0 Å². The van der Waals surface area contributed by atoms with Crippen molar-refractivity contribution in [2.75, 3.05) is 0 Å². The fourth-order valence-corrected chi connectivity index (χ4v) is 0.711. The molecule has 0 atom stereocenters. The molecular formula is C8H8N2O4. The minimum Gasteiger partial charge on any atom is -0.406 e. The fourth-order valence-electron chi connectivity index (χ4n) is 0.711. The summed E-state index contributed by atoms with van der Waals surface area (Å²) in [5.41, 5.74) is 0. The number of ether oxygens (including phenoxy) is 2. The standard InChI is InChI=1S/C8H8N2O4/c1-5(11)13-7-3-4-8(10-9-7)14-6(2)12/h3-4H,1-2H3. The van der Waals surface area contributed by atoms with E-state index in [2.05, 4.69) is 19.7 Å². The van der Waals surface area contributed by atoms with Crippen molar-refractivity contribution >= 4 is 11.9 Å². The molecule has 0 aliphatic heterocycles. The second-order valence-electron chi connectivity index (χ2n) is 2.40. The molecule has 6 nitrogen and oxygen atoms in total. The first-order chi connectivity index (χ1) is 6.58. The van der Waals surface area contributed by atoms with Gasteiger partial charge >= 0.3 is 11.9 Å². The van der Waals surface area contributed by atoms with Crippen LogP contribution in [0.1, 0.15) is 13.8 Å². The topological polar surface area (TPSA) is 78.4 Å². The highest BCUT2D eigenvalue weighted by atomic mass is 16.6. The van der Waals surface area contributed by atoms with Gasteiger partial charge in [0.25, 0.3) is 0 Å². The number of carbonyl (C=O) groups is 2. The van der Waals surface area contributed by atoms with E-state index in [4.69, 9.17) is 0 Å². The largest absolute Gasteiger partial charge is 0.406 e. The molecule has 0 amide bonds. The van der Waals surface area contributed by atoms with E-state index in [1.807, 2.05) is 0 Å². The number of hydrogen-bond acceptors (Lipinski definition) is 6. The summed E-state index contributed by atoms with van der Waals surface area (Å²) in [6.07, 6.45) is 0. The molecule has 0 aromatic carbocycles. The van der Waals surface area contributed by atoms with E-state index in [9.17, 15) is 9.59 Å². The third-order valence-electron chi connectivity index (χ3n) is 1.11. The summed E-state index contributed by atoms with van der Waals surface area (Å²) in [4.78, 5) is 21.0. The van der Waals surface area contributed by atoms with Crippen LogP contribution in [0.2, 0.25) is 0 Å². The van der Waals surface area contributed by atoms with Crippen LogP contribution in [0.3, 0.4) is 0 Å². The van der Waals surface area contributed by atoms with Gasteiger partial charge in [0.1, 0.15) is 0 Å². The first-order valence-electron chi connectivity index (χ1n) is 3.78. The van der Waals surface area contributed by atoms with Crippen LogP contribution in [0.25, 0.3) is 0 Å². The van der Waals surface area contributed by atoms with Crippen molar-refractivity contribution in [1.82, 2.24) is 10.2 Å². The van der Waals surface area contributed by atoms with Crippen molar-refractivity contribution in [3.8, 4) is 11.8 Å². The van der Waals surface area contributed by atoms with E-state index in [1.54, 1.807) is 0 Å². The Morgan fingerprint density at radius 2 is 1.36 bits per heavy atom. The molecule has 0 radical (unpaired) electrons. The van der Waals surface area contributed by atoms with E-state index in [-0.39, 0.29) is 11.8 Å². The molecule has 6 heteroatoms. The number of rotatable bonds is 2. The molecule has 1 aromatic rings. The maximum absolute atomic E-state index is 10.5. The van der Waals surface area contributed by atoms with Crippen LogP contribution in [-0.2, 0) is 9.59 Å². The predicted molar refractivity (Wildman–Crippen MR) is 44.7 cm³/mol. The second-order valence-corrected chi connectivity index (χ2v) is 2.40. The summed E-state index contributed by atoms with van der Waals surface area (Å²) >= 11 is 0. The Balaban J connectivity index is 2.68. The summed E-state index contributed by atoms with van der Waals surface area (Å²) in [6.45, 7) is 2.50. The maximum Gasteiger partial charge on any atom is 0.309 e. The number of nitrogens with zero attached hydrogens (tertiary/aromatic N) is 2. The molecule has 0 bridgehead atoms. The number of esters is 2. The minimum atomic E-state index is -0.487. The molecule has 74 valence electrons. The third kappa shape index (κ3) is 3.18. The van der Waals surface area contributed by atoms with Crippen LogP contribution in [-0.4, -0.2) is 22.1 Å². The number of hydrogen-bond donors (Lipinski definition) is 0. The SMILES string of the molecule is CC(=O)Oc1ccc(OC(C)=O)nn1. The summed E-state index contributed by atoms with van der Waals surface area (Å²) in [7, 11) is 0. The Hall–Kier alpha value is -1.98. The summed E-state index contributed by atoms with van der Waals surface area (Å²) in [5.74, 6) is -0.846. The smallest absolute Gasteiger partial charge is 0.309 e. The quantitative estimate of drug-likeness (QED) is 0.634. The van der Waals surface area contributed by atoms with E-state index in [0.29, 0.717) is 0 Å². The predicted octanol–water partition coefficient (Wildman–Crippen LogP) is 0.327. The molecule has 0 saturated carbocycles. The van der Waals surface area contributed by atoms with Gasteiger partial charge in [-0.05, 0) is 0 Å². The number of carbonyl (C=O) groups excluding carboxylic acids is 2. The van der Waals surface area contributed by atoms with Crippen LogP contribution in [0.15, 0.2) is 12.1 Å². The molecule has 14 heavy (non-hydrogen) atoms. The van der Waals surface area contributed by atoms with Gasteiger partial charge in [-0.2, -0.15) is 0 Å². The summed E-state index contributed by atoms with van der Waals surface area (Å²) in [5, 5.41) is 7.00. The molecule has 1 aromatic heterocycles. The molecular weight excluding hydrogens is 188 g/mol. The molecule has 0 N–H and O–H groups in total. The highest BCUT2D eigenvalue weighted by Crippen LogP contribution is 2.10. The second kappa shape index (κ2) is 4.31. The van der Waals surface area contributed by atoms with Gasteiger partial charge in [0, 0.05) is 26.0 Å². The molecule has 0 aliphatic carbocycles. The van der Waals surface area contributed by atoms with Crippen LogP contribution in [0.5, 0.6) is 11.8 Å². The highest BCUT2D eigenvalue weighted by Gasteiger charge is 2.03. The molecule has 0 saturated heterocycles. The number of aromatic nitrogens is 2. The van der Waals surface area contributed by atoms with E-state index >= 15 is 0 Å². The van der Waals surface area contributed by atoms with Gasteiger partial charge in [-0.1, -0.05) is 0 Å².